The summed E-state index contributed by atoms with van der Waals surface area (Å²) >= 11 is 0. The fourth-order valence-electron chi connectivity index (χ4n) is 2.88. The molecule has 0 bridgehead atoms. The number of nitrogens with one attached hydrogen (secondary N) is 1. The van der Waals surface area contributed by atoms with Crippen LogP contribution in [0.4, 0.5) is 5.69 Å². The predicted molar refractivity (Wildman–Crippen MR) is 86.4 cm³/mol. The summed E-state index contributed by atoms with van der Waals surface area (Å²) in [6.07, 6.45) is 6.69. The highest BCUT2D eigenvalue weighted by Crippen LogP contribution is 2.24. The normalized spacial score (nSPS) is 12.9. The quantitative estimate of drug-likeness (QED) is 0.859. The van der Waals surface area contributed by atoms with Crippen molar-refractivity contribution in [2.24, 2.45) is 0 Å². The van der Waals surface area contributed by atoms with E-state index in [9.17, 15) is 9.59 Å². The van der Waals surface area contributed by atoms with Crippen LogP contribution in [-0.4, -0.2) is 27.2 Å². The van der Waals surface area contributed by atoms with Crippen molar-refractivity contribution >= 4 is 11.6 Å². The molecule has 6 nitrogen and oxygen atoms in total. The van der Waals surface area contributed by atoms with Gasteiger partial charge in [0.05, 0.1) is 0 Å². The lowest BCUT2D eigenvalue weighted by atomic mass is 10.1. The number of hydrogen-bond donors (Lipinski definition) is 2. The van der Waals surface area contributed by atoms with Crippen LogP contribution < -0.4 is 11.0 Å². The number of aromatic nitrogens is 2. The second-order valence-electron chi connectivity index (χ2n) is 5.73. The van der Waals surface area contributed by atoms with E-state index in [1.54, 1.807) is 6.20 Å². The van der Waals surface area contributed by atoms with E-state index in [0.717, 1.165) is 30.5 Å². The predicted octanol–water partition coefficient (Wildman–Crippen LogP) is 0.905. The number of carbonyl (C=O) groups is 1. The van der Waals surface area contributed by atoms with Crippen molar-refractivity contribution in [2.45, 2.75) is 32.2 Å². The van der Waals surface area contributed by atoms with E-state index in [-0.39, 0.29) is 19.1 Å². The molecule has 0 unspecified atom stereocenters. The minimum atomic E-state index is -0.476. The summed E-state index contributed by atoms with van der Waals surface area (Å²) in [7, 11) is 0. The van der Waals surface area contributed by atoms with Crippen molar-refractivity contribution in [2.75, 3.05) is 11.9 Å². The zero-order valence-corrected chi connectivity index (χ0v) is 12.8. The number of benzene rings is 1. The zero-order chi connectivity index (χ0) is 16.2. The summed E-state index contributed by atoms with van der Waals surface area (Å²) in [5.41, 5.74) is 3.63. The molecule has 2 N–H and O–H groups in total. The molecule has 0 radical (unpaired) electrons. The number of hydrogen-bond acceptors (Lipinski definition) is 4. The van der Waals surface area contributed by atoms with Crippen molar-refractivity contribution in [1.82, 2.24) is 9.55 Å². The average molecular weight is 313 g/mol. The molecule has 6 heteroatoms. The van der Waals surface area contributed by atoms with Crippen LogP contribution in [0.2, 0.25) is 0 Å². The van der Waals surface area contributed by atoms with Gasteiger partial charge in [0.2, 0.25) is 5.91 Å². The van der Waals surface area contributed by atoms with E-state index in [2.05, 4.69) is 10.3 Å². The fourth-order valence-corrected chi connectivity index (χ4v) is 2.88. The van der Waals surface area contributed by atoms with Gasteiger partial charge in [0.25, 0.3) is 0 Å². The van der Waals surface area contributed by atoms with E-state index in [4.69, 9.17) is 5.11 Å². The van der Waals surface area contributed by atoms with Gasteiger partial charge >= 0.3 is 5.69 Å². The molecule has 0 aliphatic heterocycles. The summed E-state index contributed by atoms with van der Waals surface area (Å²) in [6.45, 7) is -0.122. The summed E-state index contributed by atoms with van der Waals surface area (Å²) < 4.78 is 1.26. The number of carbonyl (C=O) groups excluding carboxylic acids is 1. The van der Waals surface area contributed by atoms with E-state index < -0.39 is 5.69 Å². The van der Waals surface area contributed by atoms with E-state index in [1.807, 2.05) is 18.2 Å². The molecule has 3 rings (SSSR count). The number of nitrogens with zero attached hydrogens (tertiary/aromatic N) is 2. The van der Waals surface area contributed by atoms with Gasteiger partial charge in [0.1, 0.15) is 6.54 Å². The van der Waals surface area contributed by atoms with Crippen molar-refractivity contribution in [3.8, 4) is 0 Å². The Morgan fingerprint density at radius 2 is 2.13 bits per heavy atom. The lowest BCUT2D eigenvalue weighted by Crippen LogP contribution is -2.29. The molecule has 0 fully saturated rings. The van der Waals surface area contributed by atoms with Crippen molar-refractivity contribution in [3.63, 3.8) is 0 Å². The van der Waals surface area contributed by atoms with Crippen molar-refractivity contribution < 1.29 is 9.90 Å². The lowest BCUT2D eigenvalue weighted by Gasteiger charge is -2.09. The van der Waals surface area contributed by atoms with Crippen molar-refractivity contribution in [1.29, 1.82) is 0 Å². The van der Waals surface area contributed by atoms with Gasteiger partial charge in [-0.3, -0.25) is 9.36 Å². The van der Waals surface area contributed by atoms with Gasteiger partial charge in [-0.2, -0.15) is 0 Å². The first-order valence-electron chi connectivity index (χ1n) is 7.73. The van der Waals surface area contributed by atoms with Crippen molar-refractivity contribution in [3.05, 3.63) is 57.8 Å². The summed E-state index contributed by atoms with van der Waals surface area (Å²) in [5, 5.41) is 11.8. The maximum Gasteiger partial charge on any atom is 0.347 e. The van der Waals surface area contributed by atoms with E-state index in [0.29, 0.717) is 6.42 Å². The molecule has 120 valence electrons. The van der Waals surface area contributed by atoms with Gasteiger partial charge in [-0.1, -0.05) is 6.07 Å². The van der Waals surface area contributed by atoms with Gasteiger partial charge in [0.15, 0.2) is 0 Å². The molecule has 1 aromatic heterocycles. The number of fused-ring (bicyclic) bond motifs is 1. The Kier molecular flexibility index (Phi) is 4.52. The molecular formula is C17H19N3O3. The molecule has 1 aliphatic rings. The Bertz CT molecular complexity index is 783. The SMILES string of the molecule is O=C(Cn1cc(CCO)cnc1=O)Nc1ccc2c(c1)CCC2. The summed E-state index contributed by atoms with van der Waals surface area (Å²) in [6, 6.07) is 5.95. The first-order valence-corrected chi connectivity index (χ1v) is 7.73. The number of rotatable bonds is 5. The van der Waals surface area contributed by atoms with Crippen LogP contribution in [0.25, 0.3) is 0 Å². The van der Waals surface area contributed by atoms with Gasteiger partial charge in [-0.15, -0.1) is 0 Å². The molecule has 1 aliphatic carbocycles. The molecule has 0 atom stereocenters. The Hall–Kier alpha value is -2.47. The number of aliphatic hydroxyl groups is 1. The Morgan fingerprint density at radius 1 is 1.30 bits per heavy atom. The van der Waals surface area contributed by atoms with E-state index >= 15 is 0 Å². The molecule has 23 heavy (non-hydrogen) atoms. The maximum atomic E-state index is 12.2. The van der Waals surface area contributed by atoms with Crippen LogP contribution in [-0.2, 0) is 30.6 Å². The van der Waals surface area contributed by atoms with Crippen LogP contribution >= 0.6 is 0 Å². The minimum absolute atomic E-state index is 0.0266. The molecular weight excluding hydrogens is 294 g/mol. The molecule has 0 saturated heterocycles. The second-order valence-corrected chi connectivity index (χ2v) is 5.73. The monoisotopic (exact) mass is 313 g/mol. The lowest BCUT2D eigenvalue weighted by molar-refractivity contribution is -0.116. The summed E-state index contributed by atoms with van der Waals surface area (Å²) in [5.74, 6) is -0.270. The third-order valence-corrected chi connectivity index (χ3v) is 4.00. The van der Waals surface area contributed by atoms with Crippen LogP contribution in [0.1, 0.15) is 23.1 Å². The Balaban J connectivity index is 1.70. The van der Waals surface area contributed by atoms with Gasteiger partial charge < -0.3 is 10.4 Å². The largest absolute Gasteiger partial charge is 0.396 e. The molecule has 0 spiro atoms. The number of aliphatic hydroxyl groups excluding tert-OH is 1. The smallest absolute Gasteiger partial charge is 0.347 e. The first kappa shape index (κ1) is 15.4. The average Bonchev–Trinajstić information content (AvgIpc) is 2.98. The Morgan fingerprint density at radius 3 is 2.96 bits per heavy atom. The molecule has 1 amide bonds. The van der Waals surface area contributed by atoms with Crippen LogP contribution in [0, 0.1) is 0 Å². The molecule has 1 aromatic carbocycles. The first-order chi connectivity index (χ1) is 11.2. The molecule has 0 saturated carbocycles. The van der Waals surface area contributed by atoms with Crippen LogP contribution in [0.15, 0.2) is 35.4 Å². The van der Waals surface area contributed by atoms with Crippen LogP contribution in [0.5, 0.6) is 0 Å². The highest BCUT2D eigenvalue weighted by molar-refractivity contribution is 5.90. The van der Waals surface area contributed by atoms with Gasteiger partial charge in [-0.25, -0.2) is 9.78 Å². The van der Waals surface area contributed by atoms with Gasteiger partial charge in [0, 0.05) is 24.7 Å². The van der Waals surface area contributed by atoms with Crippen LogP contribution in [0.3, 0.4) is 0 Å². The fraction of sp³-hybridized carbons (Fsp3) is 0.353. The Labute approximate surface area is 133 Å². The van der Waals surface area contributed by atoms with E-state index in [1.165, 1.54) is 21.9 Å². The second kappa shape index (κ2) is 6.75. The summed E-state index contributed by atoms with van der Waals surface area (Å²) in [4.78, 5) is 27.6. The highest BCUT2D eigenvalue weighted by Gasteiger charge is 2.12. The maximum absolute atomic E-state index is 12.2. The standard InChI is InChI=1S/C17H19N3O3/c21-7-6-12-9-18-17(23)20(10-12)11-16(22)19-15-5-4-13-2-1-3-14(13)8-15/h4-5,8-10,21H,1-3,6-7,11H2,(H,19,22). The number of amides is 1. The third-order valence-electron chi connectivity index (χ3n) is 4.00. The van der Waals surface area contributed by atoms with Gasteiger partial charge in [-0.05, 0) is 54.5 Å². The molecule has 1 heterocycles. The number of anilines is 1. The topological polar surface area (TPSA) is 84.2 Å². The number of aryl methyl sites for hydroxylation is 2. The minimum Gasteiger partial charge on any atom is -0.396 e. The highest BCUT2D eigenvalue weighted by atomic mass is 16.3. The third kappa shape index (κ3) is 3.65. The zero-order valence-electron chi connectivity index (χ0n) is 12.8. The molecule has 2 aromatic rings.